The Balaban J connectivity index is 1.46. The van der Waals surface area contributed by atoms with E-state index in [0.717, 1.165) is 47.9 Å². The molecule has 7 nitrogen and oxygen atoms in total. The van der Waals surface area contributed by atoms with E-state index in [1.165, 1.54) is 0 Å². The van der Waals surface area contributed by atoms with Gasteiger partial charge in [0.25, 0.3) is 11.1 Å². The highest BCUT2D eigenvalue weighted by molar-refractivity contribution is 8.18. The minimum atomic E-state index is -0.425. The van der Waals surface area contributed by atoms with Crippen LogP contribution in [0.3, 0.4) is 0 Å². The van der Waals surface area contributed by atoms with Crippen LogP contribution in [-0.4, -0.2) is 53.3 Å². The van der Waals surface area contributed by atoms with E-state index in [0.29, 0.717) is 29.5 Å². The van der Waals surface area contributed by atoms with Gasteiger partial charge in [-0.05, 0) is 48.4 Å². The molecule has 1 aromatic rings. The first-order valence-corrected chi connectivity index (χ1v) is 9.86. The summed E-state index contributed by atoms with van der Waals surface area (Å²) in [6, 6.07) is 5.32. The van der Waals surface area contributed by atoms with Crippen molar-refractivity contribution in [3.63, 3.8) is 0 Å². The molecule has 142 valence electrons. The molecule has 2 saturated heterocycles. The number of ether oxygens (including phenoxy) is 2. The zero-order valence-corrected chi connectivity index (χ0v) is 15.6. The molecule has 0 atom stereocenters. The van der Waals surface area contributed by atoms with E-state index < -0.39 is 11.1 Å². The Morgan fingerprint density at radius 2 is 1.81 bits per heavy atom. The molecule has 0 bridgehead atoms. The van der Waals surface area contributed by atoms with Gasteiger partial charge in [-0.1, -0.05) is 18.9 Å². The molecule has 4 rings (SSSR count). The Morgan fingerprint density at radius 3 is 2.59 bits per heavy atom. The molecule has 0 aliphatic carbocycles. The quantitative estimate of drug-likeness (QED) is 0.741. The number of rotatable bonds is 3. The lowest BCUT2D eigenvalue weighted by Crippen LogP contribution is -2.42. The van der Waals surface area contributed by atoms with Crippen molar-refractivity contribution in [3.05, 3.63) is 28.7 Å². The van der Waals surface area contributed by atoms with E-state index in [-0.39, 0.29) is 19.2 Å². The Hall–Kier alpha value is -2.48. The molecule has 0 unspecified atom stereocenters. The molecule has 0 radical (unpaired) electrons. The Bertz CT molecular complexity index is 814. The fourth-order valence-corrected chi connectivity index (χ4v) is 4.18. The van der Waals surface area contributed by atoms with E-state index in [1.807, 2.05) is 0 Å². The lowest BCUT2D eigenvalue weighted by atomic mass is 10.2. The zero-order chi connectivity index (χ0) is 18.8. The summed E-state index contributed by atoms with van der Waals surface area (Å²) >= 11 is 0.858. The summed E-state index contributed by atoms with van der Waals surface area (Å²) in [5, 5.41) is -0.407. The maximum Gasteiger partial charge on any atom is 0.294 e. The summed E-state index contributed by atoms with van der Waals surface area (Å²) in [5.74, 6) is 0.678. The summed E-state index contributed by atoms with van der Waals surface area (Å²) in [6.45, 7) is 1.38. The largest absolute Gasteiger partial charge is 0.454 e. The van der Waals surface area contributed by atoms with Crippen molar-refractivity contribution in [1.82, 2.24) is 9.80 Å². The predicted molar refractivity (Wildman–Crippen MR) is 100 cm³/mol. The number of fused-ring (bicyclic) bond motifs is 1. The molecule has 3 aliphatic heterocycles. The highest BCUT2D eigenvalue weighted by Crippen LogP contribution is 2.36. The van der Waals surface area contributed by atoms with Crippen molar-refractivity contribution in [2.24, 2.45) is 0 Å². The average Bonchev–Trinajstić information content (AvgIpc) is 3.09. The monoisotopic (exact) mass is 388 g/mol. The molecular formula is C19H20N2O5S. The van der Waals surface area contributed by atoms with Gasteiger partial charge in [0.05, 0.1) is 4.91 Å². The highest BCUT2D eigenvalue weighted by atomic mass is 32.2. The molecule has 27 heavy (non-hydrogen) atoms. The van der Waals surface area contributed by atoms with Crippen LogP contribution in [0.2, 0.25) is 0 Å². The van der Waals surface area contributed by atoms with Crippen molar-refractivity contribution in [2.45, 2.75) is 25.7 Å². The SMILES string of the molecule is O=C(CN1C(=O)SC(=Cc2ccc3c(c2)OCO3)C1=O)N1CCCCCC1. The number of hydrogen-bond donors (Lipinski definition) is 0. The predicted octanol–water partition coefficient (Wildman–Crippen LogP) is 2.85. The third-order valence-corrected chi connectivity index (χ3v) is 5.73. The maximum absolute atomic E-state index is 12.6. The number of hydrogen-bond acceptors (Lipinski definition) is 6. The van der Waals surface area contributed by atoms with Gasteiger partial charge < -0.3 is 14.4 Å². The third-order valence-electron chi connectivity index (χ3n) is 4.82. The number of amides is 3. The van der Waals surface area contributed by atoms with Gasteiger partial charge in [0.15, 0.2) is 11.5 Å². The number of nitrogens with zero attached hydrogens (tertiary/aromatic N) is 2. The summed E-state index contributed by atoms with van der Waals surface area (Å²) in [5.41, 5.74) is 0.739. The van der Waals surface area contributed by atoms with Gasteiger partial charge >= 0.3 is 0 Å². The molecule has 0 aromatic heterocycles. The molecule has 1 aromatic carbocycles. The summed E-state index contributed by atoms with van der Waals surface area (Å²) in [7, 11) is 0. The molecular weight excluding hydrogens is 368 g/mol. The lowest BCUT2D eigenvalue weighted by Gasteiger charge is -2.22. The van der Waals surface area contributed by atoms with Gasteiger partial charge in [-0.3, -0.25) is 19.3 Å². The lowest BCUT2D eigenvalue weighted by molar-refractivity contribution is -0.135. The first kappa shape index (κ1) is 17.9. The van der Waals surface area contributed by atoms with Crippen LogP contribution in [0.15, 0.2) is 23.1 Å². The summed E-state index contributed by atoms with van der Waals surface area (Å²) in [4.78, 5) is 40.5. The molecule has 3 aliphatic rings. The van der Waals surface area contributed by atoms with Crippen LogP contribution in [0.25, 0.3) is 6.08 Å². The molecule has 3 amide bonds. The van der Waals surface area contributed by atoms with E-state index >= 15 is 0 Å². The first-order chi connectivity index (χ1) is 13.1. The van der Waals surface area contributed by atoms with E-state index in [1.54, 1.807) is 29.2 Å². The fraction of sp³-hybridized carbons (Fsp3) is 0.421. The van der Waals surface area contributed by atoms with E-state index in [9.17, 15) is 14.4 Å². The van der Waals surface area contributed by atoms with Crippen molar-refractivity contribution < 1.29 is 23.9 Å². The van der Waals surface area contributed by atoms with Crippen LogP contribution in [0, 0.1) is 0 Å². The molecule has 0 saturated carbocycles. The minimum Gasteiger partial charge on any atom is -0.454 e. The molecule has 0 spiro atoms. The Labute approximate surface area is 161 Å². The zero-order valence-electron chi connectivity index (χ0n) is 14.8. The van der Waals surface area contributed by atoms with Gasteiger partial charge in [0.1, 0.15) is 6.54 Å². The first-order valence-electron chi connectivity index (χ1n) is 9.04. The maximum atomic E-state index is 12.6. The standard InChI is InChI=1S/C19H20N2O5S/c22-17(20-7-3-1-2-4-8-20)11-21-18(23)16(27-19(21)24)10-13-5-6-14-15(9-13)26-12-25-14/h5-6,9-10H,1-4,7-8,11-12H2. The number of benzene rings is 1. The van der Waals surface area contributed by atoms with Gasteiger partial charge in [0.2, 0.25) is 12.7 Å². The summed E-state index contributed by atoms with van der Waals surface area (Å²) in [6.07, 6.45) is 5.81. The van der Waals surface area contributed by atoms with Crippen LogP contribution in [0.1, 0.15) is 31.2 Å². The molecule has 8 heteroatoms. The summed E-state index contributed by atoms with van der Waals surface area (Å²) < 4.78 is 10.6. The minimum absolute atomic E-state index is 0.163. The van der Waals surface area contributed by atoms with Crippen LogP contribution in [0.4, 0.5) is 4.79 Å². The number of thioether (sulfide) groups is 1. The normalized spacial score (nSPS) is 21.1. The Morgan fingerprint density at radius 1 is 1.07 bits per heavy atom. The second-order valence-electron chi connectivity index (χ2n) is 6.68. The van der Waals surface area contributed by atoms with E-state index in [4.69, 9.17) is 9.47 Å². The van der Waals surface area contributed by atoms with Crippen LogP contribution in [0.5, 0.6) is 11.5 Å². The molecule has 3 heterocycles. The second kappa shape index (κ2) is 7.64. The van der Waals surface area contributed by atoms with Gasteiger partial charge in [-0.25, -0.2) is 0 Å². The van der Waals surface area contributed by atoms with Gasteiger partial charge in [-0.2, -0.15) is 0 Å². The topological polar surface area (TPSA) is 76.1 Å². The smallest absolute Gasteiger partial charge is 0.294 e. The van der Waals surface area contributed by atoms with Gasteiger partial charge in [-0.15, -0.1) is 0 Å². The van der Waals surface area contributed by atoms with Crippen LogP contribution < -0.4 is 9.47 Å². The van der Waals surface area contributed by atoms with E-state index in [2.05, 4.69) is 0 Å². The van der Waals surface area contributed by atoms with Crippen LogP contribution in [-0.2, 0) is 9.59 Å². The third kappa shape index (κ3) is 3.80. The highest BCUT2D eigenvalue weighted by Gasteiger charge is 2.37. The van der Waals surface area contributed by atoms with Gasteiger partial charge in [0, 0.05) is 13.1 Å². The fourth-order valence-electron chi connectivity index (χ4n) is 3.35. The molecule has 2 fully saturated rings. The number of imide groups is 1. The second-order valence-corrected chi connectivity index (χ2v) is 7.67. The number of likely N-dealkylation sites (tertiary alicyclic amines) is 1. The van der Waals surface area contributed by atoms with Crippen molar-refractivity contribution in [3.8, 4) is 11.5 Å². The van der Waals surface area contributed by atoms with Crippen molar-refractivity contribution in [1.29, 1.82) is 0 Å². The molecule has 0 N–H and O–H groups in total. The Kier molecular flexibility index (Phi) is 5.07. The van der Waals surface area contributed by atoms with Crippen molar-refractivity contribution in [2.75, 3.05) is 26.4 Å². The number of carbonyl (C=O) groups is 3. The number of carbonyl (C=O) groups excluding carboxylic acids is 3. The van der Waals surface area contributed by atoms with Crippen LogP contribution >= 0.6 is 11.8 Å². The average molecular weight is 388 g/mol. The van der Waals surface area contributed by atoms with Crippen molar-refractivity contribution >= 4 is 34.9 Å².